The summed E-state index contributed by atoms with van der Waals surface area (Å²) >= 11 is 0. The smallest absolute Gasteiger partial charge is 0.229 e. The second kappa shape index (κ2) is 7.87. The lowest BCUT2D eigenvalue weighted by Crippen LogP contribution is -2.17. The van der Waals surface area contributed by atoms with Crippen LogP contribution in [0.5, 0.6) is 11.5 Å². The average Bonchev–Trinajstić information content (AvgIpc) is 3.29. The first-order valence-corrected chi connectivity index (χ1v) is 9.95. The third kappa shape index (κ3) is 4.03. The van der Waals surface area contributed by atoms with Crippen molar-refractivity contribution in [1.29, 1.82) is 0 Å². The minimum absolute atomic E-state index is 0.514. The number of rotatable bonds is 5. The van der Waals surface area contributed by atoms with Crippen LogP contribution in [0.2, 0.25) is 0 Å². The Morgan fingerprint density at radius 3 is 2.38 bits per heavy atom. The van der Waals surface area contributed by atoms with Crippen LogP contribution in [0, 0.1) is 0 Å². The zero-order valence-corrected chi connectivity index (χ0v) is 16.1. The van der Waals surface area contributed by atoms with Gasteiger partial charge in [-0.1, -0.05) is 0 Å². The first-order chi connectivity index (χ1) is 14.3. The van der Waals surface area contributed by atoms with Crippen LogP contribution in [0.25, 0.3) is 0 Å². The Kier molecular flexibility index (Phi) is 4.78. The Hall–Kier alpha value is -3.48. The van der Waals surface area contributed by atoms with Crippen LogP contribution in [0.15, 0.2) is 54.7 Å². The quantitative estimate of drug-likeness (QED) is 0.673. The molecule has 2 aromatic carbocycles. The summed E-state index contributed by atoms with van der Waals surface area (Å²) in [5.41, 5.74) is 3.12. The van der Waals surface area contributed by atoms with Crippen LogP contribution < -0.4 is 25.0 Å². The molecule has 0 unspecified atom stereocenters. The van der Waals surface area contributed by atoms with E-state index in [0.29, 0.717) is 19.2 Å². The fourth-order valence-corrected chi connectivity index (χ4v) is 3.62. The van der Waals surface area contributed by atoms with Crippen molar-refractivity contribution < 1.29 is 9.47 Å². The number of fused-ring (bicyclic) bond motifs is 1. The van der Waals surface area contributed by atoms with E-state index in [0.717, 1.165) is 41.8 Å². The lowest BCUT2D eigenvalue weighted by molar-refractivity contribution is 0.171. The Labute approximate surface area is 169 Å². The lowest BCUT2D eigenvalue weighted by atomic mass is 10.2. The largest absolute Gasteiger partial charge is 0.486 e. The molecule has 1 aromatic heterocycles. The van der Waals surface area contributed by atoms with Crippen molar-refractivity contribution in [3.05, 3.63) is 54.7 Å². The highest BCUT2D eigenvalue weighted by Gasteiger charge is 2.13. The highest BCUT2D eigenvalue weighted by Crippen LogP contribution is 2.33. The van der Waals surface area contributed by atoms with Crippen molar-refractivity contribution in [2.24, 2.45) is 0 Å². The number of hydrogen-bond acceptors (Lipinski definition) is 7. The number of nitrogens with one attached hydrogen (secondary N) is 2. The van der Waals surface area contributed by atoms with E-state index in [1.165, 1.54) is 18.5 Å². The Morgan fingerprint density at radius 1 is 0.793 bits per heavy atom. The van der Waals surface area contributed by atoms with Gasteiger partial charge < -0.3 is 25.0 Å². The van der Waals surface area contributed by atoms with E-state index >= 15 is 0 Å². The summed E-state index contributed by atoms with van der Waals surface area (Å²) in [6.45, 7) is 3.43. The summed E-state index contributed by atoms with van der Waals surface area (Å²) in [5.74, 6) is 2.73. The average molecular weight is 389 g/mol. The van der Waals surface area contributed by atoms with E-state index in [1.807, 2.05) is 24.3 Å². The number of nitrogens with zero attached hydrogens (tertiary/aromatic N) is 3. The summed E-state index contributed by atoms with van der Waals surface area (Å²) in [6.07, 6.45) is 4.29. The van der Waals surface area contributed by atoms with Gasteiger partial charge in [0.25, 0.3) is 0 Å². The molecule has 2 aliphatic heterocycles. The molecule has 148 valence electrons. The summed E-state index contributed by atoms with van der Waals surface area (Å²) in [6, 6.07) is 16.0. The number of aromatic nitrogens is 2. The maximum absolute atomic E-state index is 5.63. The van der Waals surface area contributed by atoms with Gasteiger partial charge in [-0.3, -0.25) is 0 Å². The van der Waals surface area contributed by atoms with Crippen LogP contribution in [0.1, 0.15) is 12.8 Å². The molecule has 0 aliphatic carbocycles. The van der Waals surface area contributed by atoms with Gasteiger partial charge in [0.2, 0.25) is 5.95 Å². The van der Waals surface area contributed by atoms with E-state index in [-0.39, 0.29) is 0 Å². The molecular weight excluding hydrogens is 366 g/mol. The molecule has 0 amide bonds. The number of anilines is 5. The zero-order valence-electron chi connectivity index (χ0n) is 16.1. The molecule has 0 bridgehead atoms. The maximum atomic E-state index is 5.63. The SMILES string of the molecule is c1cc(Nc2ccc(N3CCCC3)cc2)nc(Nc2ccc3c(c2)OCCO3)n1. The van der Waals surface area contributed by atoms with Gasteiger partial charge in [-0.15, -0.1) is 0 Å². The fraction of sp³-hybridized carbons (Fsp3) is 0.273. The molecule has 0 saturated carbocycles. The van der Waals surface area contributed by atoms with E-state index in [2.05, 4.69) is 49.8 Å². The minimum Gasteiger partial charge on any atom is -0.486 e. The molecule has 7 nitrogen and oxygen atoms in total. The predicted octanol–water partition coefficient (Wildman–Crippen LogP) is 4.34. The number of hydrogen-bond donors (Lipinski definition) is 2. The molecule has 7 heteroatoms. The van der Waals surface area contributed by atoms with Crippen molar-refractivity contribution >= 4 is 28.8 Å². The monoisotopic (exact) mass is 389 g/mol. The fourth-order valence-electron chi connectivity index (χ4n) is 3.62. The van der Waals surface area contributed by atoms with Crippen LogP contribution in [0.4, 0.5) is 28.8 Å². The van der Waals surface area contributed by atoms with Gasteiger partial charge >= 0.3 is 0 Å². The summed E-state index contributed by atoms with van der Waals surface area (Å²) in [4.78, 5) is 11.3. The standard InChI is InChI=1S/C22H23N5O2/c1-2-12-27(11-1)18-6-3-16(4-7-18)24-21-9-10-23-22(26-21)25-17-5-8-19-20(15-17)29-14-13-28-19/h3-10,15H,1-2,11-14H2,(H2,23,24,25,26). The van der Waals surface area contributed by atoms with Crippen LogP contribution >= 0.6 is 0 Å². The molecular formula is C22H23N5O2. The normalized spacial score (nSPS) is 15.2. The highest BCUT2D eigenvalue weighted by atomic mass is 16.6. The van der Waals surface area contributed by atoms with Gasteiger partial charge in [0, 0.05) is 42.4 Å². The van der Waals surface area contributed by atoms with Crippen LogP contribution in [-0.2, 0) is 0 Å². The first kappa shape index (κ1) is 17.6. The summed E-state index contributed by atoms with van der Waals surface area (Å²) in [7, 11) is 0. The van der Waals surface area contributed by atoms with Crippen molar-refractivity contribution in [2.75, 3.05) is 41.8 Å². The second-order valence-electron chi connectivity index (χ2n) is 7.11. The van der Waals surface area contributed by atoms with Crippen LogP contribution in [0.3, 0.4) is 0 Å². The molecule has 3 aromatic rings. The third-order valence-corrected chi connectivity index (χ3v) is 5.06. The van der Waals surface area contributed by atoms with Crippen molar-refractivity contribution in [3.63, 3.8) is 0 Å². The van der Waals surface area contributed by atoms with Gasteiger partial charge in [-0.2, -0.15) is 4.98 Å². The van der Waals surface area contributed by atoms with Gasteiger partial charge in [0.15, 0.2) is 11.5 Å². The molecule has 29 heavy (non-hydrogen) atoms. The molecule has 0 spiro atoms. The molecule has 1 saturated heterocycles. The molecule has 0 atom stereocenters. The number of ether oxygens (including phenoxy) is 2. The molecule has 0 radical (unpaired) electrons. The van der Waals surface area contributed by atoms with Gasteiger partial charge in [-0.05, 0) is 55.3 Å². The molecule has 2 aliphatic rings. The topological polar surface area (TPSA) is 71.5 Å². The summed E-state index contributed by atoms with van der Waals surface area (Å²) < 4.78 is 11.2. The van der Waals surface area contributed by atoms with Crippen molar-refractivity contribution in [2.45, 2.75) is 12.8 Å². The first-order valence-electron chi connectivity index (χ1n) is 9.95. The Bertz CT molecular complexity index is 987. The van der Waals surface area contributed by atoms with Crippen LogP contribution in [-0.4, -0.2) is 36.3 Å². The molecule has 3 heterocycles. The Morgan fingerprint density at radius 2 is 1.55 bits per heavy atom. The van der Waals surface area contributed by atoms with Crippen molar-refractivity contribution in [3.8, 4) is 11.5 Å². The van der Waals surface area contributed by atoms with E-state index in [4.69, 9.17) is 9.47 Å². The third-order valence-electron chi connectivity index (χ3n) is 5.06. The number of benzene rings is 2. The van der Waals surface area contributed by atoms with Gasteiger partial charge in [0.1, 0.15) is 19.0 Å². The Balaban J connectivity index is 1.27. The molecule has 2 N–H and O–H groups in total. The predicted molar refractivity (Wildman–Crippen MR) is 114 cm³/mol. The van der Waals surface area contributed by atoms with E-state index in [1.54, 1.807) is 6.20 Å². The second-order valence-corrected chi connectivity index (χ2v) is 7.11. The summed E-state index contributed by atoms with van der Waals surface area (Å²) in [5, 5.41) is 6.57. The van der Waals surface area contributed by atoms with E-state index < -0.39 is 0 Å². The highest BCUT2D eigenvalue weighted by molar-refractivity contribution is 5.64. The molecule has 5 rings (SSSR count). The van der Waals surface area contributed by atoms with Gasteiger partial charge in [-0.25, -0.2) is 4.98 Å². The maximum Gasteiger partial charge on any atom is 0.229 e. The van der Waals surface area contributed by atoms with E-state index in [9.17, 15) is 0 Å². The lowest BCUT2D eigenvalue weighted by Gasteiger charge is -2.19. The van der Waals surface area contributed by atoms with Crippen molar-refractivity contribution in [1.82, 2.24) is 9.97 Å². The zero-order chi connectivity index (χ0) is 19.5. The molecule has 1 fully saturated rings. The van der Waals surface area contributed by atoms with Gasteiger partial charge in [0.05, 0.1) is 0 Å². The minimum atomic E-state index is 0.514.